The molecule has 5 nitrogen and oxygen atoms in total. The lowest BCUT2D eigenvalue weighted by molar-refractivity contribution is -0.121. The van der Waals surface area contributed by atoms with Crippen molar-refractivity contribution in [2.75, 3.05) is 25.0 Å². The molecule has 1 amide bonds. The molecule has 1 aromatic carbocycles. The van der Waals surface area contributed by atoms with Crippen LogP contribution in [0.3, 0.4) is 0 Å². The lowest BCUT2D eigenvalue weighted by Gasteiger charge is -2.19. The van der Waals surface area contributed by atoms with Gasteiger partial charge in [0.15, 0.2) is 0 Å². The van der Waals surface area contributed by atoms with Gasteiger partial charge in [0.25, 0.3) is 0 Å². The van der Waals surface area contributed by atoms with Crippen LogP contribution in [-0.4, -0.2) is 37.1 Å². The van der Waals surface area contributed by atoms with Crippen molar-refractivity contribution in [3.8, 4) is 5.75 Å². The molecule has 1 heterocycles. The monoisotopic (exact) mass is 391 g/mol. The molecule has 1 atom stereocenters. The molecule has 0 spiro atoms. The molecule has 0 bridgehead atoms. The molecule has 0 saturated heterocycles. The Morgan fingerprint density at radius 2 is 2.00 bits per heavy atom. The van der Waals surface area contributed by atoms with Crippen LogP contribution in [0.5, 0.6) is 5.75 Å². The lowest BCUT2D eigenvalue weighted by Crippen LogP contribution is -2.35. The number of hydrogen-bond donors (Lipinski definition) is 1. The fraction of sp³-hybridized carbons (Fsp3) is 0.333. The summed E-state index contributed by atoms with van der Waals surface area (Å²) in [5.74, 6) is 0.787. The molecule has 6 heteroatoms. The maximum absolute atomic E-state index is 12.0. The maximum atomic E-state index is 12.0. The zero-order valence-electron chi connectivity index (χ0n) is 13.9. The molecule has 0 aliphatic carbocycles. The van der Waals surface area contributed by atoms with Gasteiger partial charge in [0.05, 0.1) is 11.0 Å². The first kappa shape index (κ1) is 18.3. The van der Waals surface area contributed by atoms with E-state index in [-0.39, 0.29) is 12.0 Å². The number of halogens is 1. The van der Waals surface area contributed by atoms with Gasteiger partial charge in [-0.05, 0) is 47.1 Å². The van der Waals surface area contributed by atoms with Gasteiger partial charge in [-0.3, -0.25) is 9.78 Å². The summed E-state index contributed by atoms with van der Waals surface area (Å²) in [6.07, 6.45) is 3.81. The highest BCUT2D eigenvalue weighted by Gasteiger charge is 2.10. The number of carbonyl (C=O) groups excluding carboxylic acids is 1. The summed E-state index contributed by atoms with van der Waals surface area (Å²) in [5.41, 5.74) is 1.04. The third-order valence-corrected chi connectivity index (χ3v) is 4.18. The second-order valence-electron chi connectivity index (χ2n) is 5.54. The van der Waals surface area contributed by atoms with Crippen LogP contribution >= 0.6 is 15.9 Å². The molecule has 0 saturated carbocycles. The van der Waals surface area contributed by atoms with Crippen LogP contribution in [0.4, 0.5) is 5.69 Å². The Morgan fingerprint density at radius 3 is 2.71 bits per heavy atom. The fourth-order valence-corrected chi connectivity index (χ4v) is 2.52. The van der Waals surface area contributed by atoms with E-state index in [0.717, 1.165) is 15.9 Å². The van der Waals surface area contributed by atoms with Crippen LogP contribution in [0.1, 0.15) is 13.3 Å². The van der Waals surface area contributed by atoms with Gasteiger partial charge in [-0.2, -0.15) is 0 Å². The molecule has 1 aromatic heterocycles. The molecule has 0 unspecified atom stereocenters. The summed E-state index contributed by atoms with van der Waals surface area (Å²) < 4.78 is 6.72. The molecule has 128 valence electrons. The van der Waals surface area contributed by atoms with Crippen LogP contribution in [-0.2, 0) is 4.79 Å². The largest absolute Gasteiger partial charge is 0.488 e. The number of nitrogens with one attached hydrogen (secondary N) is 1. The summed E-state index contributed by atoms with van der Waals surface area (Å²) in [7, 11) is 1.96. The normalized spacial score (nSPS) is 11.6. The van der Waals surface area contributed by atoms with Crippen LogP contribution < -0.4 is 15.0 Å². The highest BCUT2D eigenvalue weighted by molar-refractivity contribution is 9.10. The highest BCUT2D eigenvalue weighted by Crippen LogP contribution is 2.24. The van der Waals surface area contributed by atoms with Gasteiger partial charge in [0.2, 0.25) is 5.91 Å². The predicted octanol–water partition coefficient (Wildman–Crippen LogP) is 3.25. The van der Waals surface area contributed by atoms with Gasteiger partial charge in [-0.15, -0.1) is 0 Å². The zero-order chi connectivity index (χ0) is 17.4. The van der Waals surface area contributed by atoms with Gasteiger partial charge < -0.3 is 15.0 Å². The van der Waals surface area contributed by atoms with E-state index in [2.05, 4.69) is 26.2 Å². The van der Waals surface area contributed by atoms with E-state index in [1.807, 2.05) is 55.3 Å². The third-order valence-electron chi connectivity index (χ3n) is 3.53. The van der Waals surface area contributed by atoms with Crippen LogP contribution in [0.15, 0.2) is 53.3 Å². The minimum absolute atomic E-state index is 0.0125. The highest BCUT2D eigenvalue weighted by atomic mass is 79.9. The lowest BCUT2D eigenvalue weighted by atomic mass is 10.3. The van der Waals surface area contributed by atoms with E-state index in [9.17, 15) is 4.79 Å². The average molecular weight is 392 g/mol. The van der Waals surface area contributed by atoms with E-state index in [1.54, 1.807) is 12.4 Å². The molecule has 2 rings (SSSR count). The number of aromatic nitrogens is 1. The SMILES string of the molecule is C[C@H](CNC(=O)CCN(C)c1ccncc1)Oc1ccccc1Br. The first-order valence-electron chi connectivity index (χ1n) is 7.85. The third kappa shape index (κ3) is 5.85. The number of hydrogen-bond acceptors (Lipinski definition) is 4. The number of carbonyl (C=O) groups is 1. The molecule has 0 fully saturated rings. The minimum atomic E-state index is -0.106. The van der Waals surface area contributed by atoms with Crippen molar-refractivity contribution >= 4 is 27.5 Å². The van der Waals surface area contributed by atoms with Gasteiger partial charge in [-0.25, -0.2) is 0 Å². The molecule has 24 heavy (non-hydrogen) atoms. The predicted molar refractivity (Wildman–Crippen MR) is 99.4 cm³/mol. The Labute approximate surface area is 151 Å². The Bertz CT molecular complexity index is 652. The van der Waals surface area contributed by atoms with E-state index in [1.165, 1.54) is 0 Å². The fourth-order valence-electron chi connectivity index (χ4n) is 2.14. The van der Waals surface area contributed by atoms with Crippen LogP contribution in [0, 0.1) is 0 Å². The number of nitrogens with zero attached hydrogens (tertiary/aromatic N) is 2. The van der Waals surface area contributed by atoms with Gasteiger partial charge >= 0.3 is 0 Å². The number of pyridine rings is 1. The smallest absolute Gasteiger partial charge is 0.221 e. The zero-order valence-corrected chi connectivity index (χ0v) is 15.5. The maximum Gasteiger partial charge on any atom is 0.221 e. The number of para-hydroxylation sites is 1. The molecule has 0 aliphatic rings. The molecule has 0 radical (unpaired) electrons. The van der Waals surface area contributed by atoms with E-state index in [4.69, 9.17) is 4.74 Å². The number of amides is 1. The minimum Gasteiger partial charge on any atom is -0.488 e. The molecule has 0 aliphatic heterocycles. The summed E-state index contributed by atoms with van der Waals surface area (Å²) in [4.78, 5) is 18.0. The van der Waals surface area contributed by atoms with Crippen molar-refractivity contribution in [3.05, 3.63) is 53.3 Å². The summed E-state index contributed by atoms with van der Waals surface area (Å²) in [6, 6.07) is 11.5. The van der Waals surface area contributed by atoms with Crippen LogP contribution in [0.25, 0.3) is 0 Å². The van der Waals surface area contributed by atoms with E-state index < -0.39 is 0 Å². The van der Waals surface area contributed by atoms with Crippen molar-refractivity contribution in [2.24, 2.45) is 0 Å². The quantitative estimate of drug-likeness (QED) is 0.750. The van der Waals surface area contributed by atoms with Gasteiger partial charge in [-0.1, -0.05) is 12.1 Å². The van der Waals surface area contributed by atoms with E-state index >= 15 is 0 Å². The molecular weight excluding hydrogens is 370 g/mol. The summed E-state index contributed by atoms with van der Waals surface area (Å²) in [6.45, 7) is 3.05. The molecular formula is C18H22BrN3O2. The number of benzene rings is 1. The second-order valence-corrected chi connectivity index (χ2v) is 6.39. The van der Waals surface area contributed by atoms with Crippen molar-refractivity contribution < 1.29 is 9.53 Å². The topological polar surface area (TPSA) is 54.5 Å². The summed E-state index contributed by atoms with van der Waals surface area (Å²) >= 11 is 3.45. The average Bonchev–Trinajstić information content (AvgIpc) is 2.60. The van der Waals surface area contributed by atoms with Crippen LogP contribution in [0.2, 0.25) is 0 Å². The number of anilines is 1. The van der Waals surface area contributed by atoms with Gasteiger partial charge in [0, 0.05) is 38.1 Å². The molecule has 2 aromatic rings. The van der Waals surface area contributed by atoms with Crippen molar-refractivity contribution in [2.45, 2.75) is 19.4 Å². The Kier molecular flexibility index (Phi) is 7.06. The van der Waals surface area contributed by atoms with Crippen molar-refractivity contribution in [1.29, 1.82) is 0 Å². The first-order valence-corrected chi connectivity index (χ1v) is 8.64. The second kappa shape index (κ2) is 9.27. The summed E-state index contributed by atoms with van der Waals surface area (Å²) in [5, 5.41) is 2.91. The number of ether oxygens (including phenoxy) is 1. The first-order chi connectivity index (χ1) is 11.6. The Hall–Kier alpha value is -2.08. The van der Waals surface area contributed by atoms with E-state index in [0.29, 0.717) is 19.5 Å². The molecule has 1 N–H and O–H groups in total. The standard InChI is InChI=1S/C18H22BrN3O2/c1-14(24-17-6-4-3-5-16(17)19)13-21-18(23)9-12-22(2)15-7-10-20-11-8-15/h3-8,10-11,14H,9,12-13H2,1-2H3,(H,21,23)/t14-/m1/s1. The van der Waals surface area contributed by atoms with Crippen molar-refractivity contribution in [3.63, 3.8) is 0 Å². The Balaban J connectivity index is 1.70. The number of rotatable bonds is 8. The van der Waals surface area contributed by atoms with Crippen molar-refractivity contribution in [1.82, 2.24) is 10.3 Å². The van der Waals surface area contributed by atoms with Gasteiger partial charge in [0.1, 0.15) is 11.9 Å². The Morgan fingerprint density at radius 1 is 1.29 bits per heavy atom.